The summed E-state index contributed by atoms with van der Waals surface area (Å²) >= 11 is 1.35. The number of hydrogen-bond acceptors (Lipinski definition) is 6. The minimum absolute atomic E-state index is 0.00623. The van der Waals surface area contributed by atoms with E-state index in [9.17, 15) is 9.59 Å². The molecule has 0 amide bonds. The summed E-state index contributed by atoms with van der Waals surface area (Å²) in [4.78, 5) is 23.8. The van der Waals surface area contributed by atoms with E-state index in [1.54, 1.807) is 18.4 Å². The number of nitrogens with zero attached hydrogens (tertiary/aromatic N) is 2. The SMILES string of the molecule is CCNC(C)(CSc1n[nH]c(=O)n1C(C)C)C(=O)OCC. The zero-order valence-electron chi connectivity index (χ0n) is 13.2. The van der Waals surface area contributed by atoms with Gasteiger partial charge in [-0.1, -0.05) is 18.7 Å². The standard InChI is InChI=1S/C13H24N4O3S/c1-6-14-13(5,10(18)20-7-2)8-21-12-16-15-11(19)17(12)9(3)4/h9,14H,6-8H2,1-5H3,(H,15,19). The molecule has 1 aromatic heterocycles. The maximum Gasteiger partial charge on any atom is 0.344 e. The summed E-state index contributed by atoms with van der Waals surface area (Å²) in [5.74, 6) is 0.129. The van der Waals surface area contributed by atoms with Crippen molar-refractivity contribution in [2.45, 2.75) is 51.4 Å². The van der Waals surface area contributed by atoms with Gasteiger partial charge >= 0.3 is 11.7 Å². The van der Waals surface area contributed by atoms with Crippen LogP contribution in [0, 0.1) is 0 Å². The van der Waals surface area contributed by atoms with Gasteiger partial charge in [0.05, 0.1) is 6.61 Å². The number of carbonyl (C=O) groups excluding carboxylic acids is 1. The Balaban J connectivity index is 2.87. The Bertz CT molecular complexity index is 526. The molecule has 0 aliphatic carbocycles. The maximum atomic E-state index is 12.1. The smallest absolute Gasteiger partial charge is 0.344 e. The van der Waals surface area contributed by atoms with Crippen LogP contribution in [0.3, 0.4) is 0 Å². The fraction of sp³-hybridized carbons (Fsp3) is 0.769. The molecule has 21 heavy (non-hydrogen) atoms. The Morgan fingerprint density at radius 1 is 1.52 bits per heavy atom. The minimum atomic E-state index is -0.813. The van der Waals surface area contributed by atoms with Crippen molar-refractivity contribution in [3.05, 3.63) is 10.5 Å². The highest BCUT2D eigenvalue weighted by molar-refractivity contribution is 7.99. The maximum absolute atomic E-state index is 12.1. The number of likely N-dealkylation sites (N-methyl/N-ethyl adjacent to an activating group) is 1. The first-order valence-electron chi connectivity index (χ1n) is 7.07. The molecule has 1 aromatic rings. The van der Waals surface area contributed by atoms with Crippen LogP contribution in [0.15, 0.2) is 9.95 Å². The summed E-state index contributed by atoms with van der Waals surface area (Å²) in [5, 5.41) is 10.2. The highest BCUT2D eigenvalue weighted by atomic mass is 32.2. The third-order valence-electron chi connectivity index (χ3n) is 2.97. The van der Waals surface area contributed by atoms with Crippen LogP contribution in [-0.2, 0) is 9.53 Å². The van der Waals surface area contributed by atoms with Crippen LogP contribution in [0.2, 0.25) is 0 Å². The lowest BCUT2D eigenvalue weighted by Crippen LogP contribution is -2.52. The number of ether oxygens (including phenoxy) is 1. The number of thioether (sulfide) groups is 1. The molecule has 1 atom stereocenters. The molecule has 0 aliphatic heterocycles. The lowest BCUT2D eigenvalue weighted by atomic mass is 10.1. The molecule has 8 heteroatoms. The molecule has 1 unspecified atom stereocenters. The molecule has 0 spiro atoms. The fourth-order valence-corrected chi connectivity index (χ4v) is 3.10. The van der Waals surface area contributed by atoms with E-state index < -0.39 is 5.54 Å². The van der Waals surface area contributed by atoms with Gasteiger partial charge < -0.3 is 10.1 Å². The molecule has 2 N–H and O–H groups in total. The Morgan fingerprint density at radius 3 is 2.71 bits per heavy atom. The number of aromatic nitrogens is 3. The number of hydrogen-bond donors (Lipinski definition) is 2. The van der Waals surface area contributed by atoms with E-state index in [1.165, 1.54) is 11.8 Å². The molecule has 7 nitrogen and oxygen atoms in total. The first-order chi connectivity index (χ1) is 9.85. The Labute approximate surface area is 128 Å². The topological polar surface area (TPSA) is 89.0 Å². The highest BCUT2D eigenvalue weighted by Gasteiger charge is 2.34. The van der Waals surface area contributed by atoms with Gasteiger partial charge in [0.1, 0.15) is 5.54 Å². The molecule has 1 rings (SSSR count). The van der Waals surface area contributed by atoms with Crippen LogP contribution in [0.5, 0.6) is 0 Å². The van der Waals surface area contributed by atoms with Crippen LogP contribution < -0.4 is 11.0 Å². The van der Waals surface area contributed by atoms with Crippen LogP contribution >= 0.6 is 11.8 Å². The molecule has 0 saturated heterocycles. The molecular formula is C13H24N4O3S. The first-order valence-corrected chi connectivity index (χ1v) is 8.06. The van der Waals surface area contributed by atoms with Crippen LogP contribution in [0.1, 0.15) is 40.7 Å². The molecule has 0 aromatic carbocycles. The second kappa shape index (κ2) is 7.65. The van der Waals surface area contributed by atoms with Crippen LogP contribution in [-0.4, -0.2) is 45.2 Å². The van der Waals surface area contributed by atoms with Crippen molar-refractivity contribution in [2.24, 2.45) is 0 Å². The van der Waals surface area contributed by atoms with Gasteiger partial charge in [0.2, 0.25) is 0 Å². The summed E-state index contributed by atoms with van der Waals surface area (Å²) in [5.41, 5.74) is -1.06. The number of esters is 1. The van der Waals surface area contributed by atoms with E-state index in [-0.39, 0.29) is 17.7 Å². The van der Waals surface area contributed by atoms with Crippen LogP contribution in [0.25, 0.3) is 0 Å². The Kier molecular flexibility index (Phi) is 6.47. The lowest BCUT2D eigenvalue weighted by Gasteiger charge is -2.27. The Hall–Kier alpha value is -1.28. The monoisotopic (exact) mass is 316 g/mol. The summed E-state index contributed by atoms with van der Waals surface area (Å²) in [6, 6.07) is 0.00623. The van der Waals surface area contributed by atoms with E-state index in [0.717, 1.165) is 0 Å². The van der Waals surface area contributed by atoms with Crippen molar-refractivity contribution in [1.82, 2.24) is 20.1 Å². The lowest BCUT2D eigenvalue weighted by molar-refractivity contribution is -0.149. The number of aromatic amines is 1. The summed E-state index contributed by atoms with van der Waals surface area (Å²) in [6.45, 7) is 10.3. The van der Waals surface area contributed by atoms with Crippen molar-refractivity contribution < 1.29 is 9.53 Å². The van der Waals surface area contributed by atoms with Gasteiger partial charge in [-0.15, -0.1) is 5.10 Å². The third kappa shape index (κ3) is 4.34. The number of nitrogens with one attached hydrogen (secondary N) is 2. The molecule has 0 fully saturated rings. The fourth-order valence-electron chi connectivity index (χ4n) is 1.92. The third-order valence-corrected chi connectivity index (χ3v) is 4.24. The molecule has 1 heterocycles. The van der Waals surface area contributed by atoms with Crippen molar-refractivity contribution in [3.8, 4) is 0 Å². The molecule has 0 radical (unpaired) electrons. The summed E-state index contributed by atoms with van der Waals surface area (Å²) in [6.07, 6.45) is 0. The van der Waals surface area contributed by atoms with Crippen LogP contribution in [0.4, 0.5) is 0 Å². The second-order valence-electron chi connectivity index (χ2n) is 5.15. The molecular weight excluding hydrogens is 292 g/mol. The van der Waals surface area contributed by atoms with Gasteiger partial charge in [-0.25, -0.2) is 9.89 Å². The largest absolute Gasteiger partial charge is 0.465 e. The molecule has 0 aliphatic rings. The van der Waals surface area contributed by atoms with Gasteiger partial charge in [0.15, 0.2) is 5.16 Å². The zero-order chi connectivity index (χ0) is 16.0. The quantitative estimate of drug-likeness (QED) is 0.553. The first kappa shape index (κ1) is 17.8. The number of carbonyl (C=O) groups is 1. The molecule has 120 valence electrons. The van der Waals surface area contributed by atoms with E-state index in [0.29, 0.717) is 24.1 Å². The van der Waals surface area contributed by atoms with E-state index >= 15 is 0 Å². The predicted molar refractivity (Wildman–Crippen MR) is 82.7 cm³/mol. The second-order valence-corrected chi connectivity index (χ2v) is 6.09. The van der Waals surface area contributed by atoms with Gasteiger partial charge in [-0.2, -0.15) is 0 Å². The summed E-state index contributed by atoms with van der Waals surface area (Å²) < 4.78 is 6.69. The van der Waals surface area contributed by atoms with Crippen molar-refractivity contribution in [3.63, 3.8) is 0 Å². The number of H-pyrrole nitrogens is 1. The average molecular weight is 316 g/mol. The van der Waals surface area contributed by atoms with Gasteiger partial charge in [0.25, 0.3) is 0 Å². The van der Waals surface area contributed by atoms with Gasteiger partial charge in [-0.05, 0) is 34.2 Å². The highest BCUT2D eigenvalue weighted by Crippen LogP contribution is 2.22. The Morgan fingerprint density at radius 2 is 2.19 bits per heavy atom. The van der Waals surface area contributed by atoms with Gasteiger partial charge in [0, 0.05) is 11.8 Å². The van der Waals surface area contributed by atoms with Crippen molar-refractivity contribution >= 4 is 17.7 Å². The molecule has 0 bridgehead atoms. The summed E-state index contributed by atoms with van der Waals surface area (Å²) in [7, 11) is 0. The predicted octanol–water partition coefficient (Wildman–Crippen LogP) is 1.18. The average Bonchev–Trinajstić information content (AvgIpc) is 2.78. The minimum Gasteiger partial charge on any atom is -0.465 e. The normalized spacial score (nSPS) is 14.2. The van der Waals surface area contributed by atoms with Crippen molar-refractivity contribution in [2.75, 3.05) is 18.9 Å². The van der Waals surface area contributed by atoms with E-state index in [1.807, 2.05) is 20.8 Å². The van der Waals surface area contributed by atoms with Gasteiger partial charge in [-0.3, -0.25) is 9.36 Å². The number of rotatable bonds is 8. The van der Waals surface area contributed by atoms with E-state index in [4.69, 9.17) is 4.74 Å². The zero-order valence-corrected chi connectivity index (χ0v) is 14.0. The van der Waals surface area contributed by atoms with Crippen molar-refractivity contribution in [1.29, 1.82) is 0 Å². The van der Waals surface area contributed by atoms with E-state index in [2.05, 4.69) is 15.5 Å². The molecule has 0 saturated carbocycles.